The zero-order valence-corrected chi connectivity index (χ0v) is 12.7. The van der Waals surface area contributed by atoms with E-state index in [2.05, 4.69) is 30.3 Å². The van der Waals surface area contributed by atoms with Crippen LogP contribution in [0.1, 0.15) is 52.4 Å². The van der Waals surface area contributed by atoms with Gasteiger partial charge in [0.25, 0.3) is 0 Å². The minimum atomic E-state index is -0.200. The van der Waals surface area contributed by atoms with E-state index in [1.54, 1.807) is 0 Å². The molecule has 1 amide bonds. The fourth-order valence-electron chi connectivity index (χ4n) is 3.41. The van der Waals surface area contributed by atoms with Gasteiger partial charge >= 0.3 is 0 Å². The molecule has 0 aromatic heterocycles. The number of thioether (sulfide) groups is 1. The highest BCUT2D eigenvalue weighted by Gasteiger charge is 2.52. The number of carbonyl (C=O) groups is 1. The zero-order chi connectivity index (χ0) is 13.2. The van der Waals surface area contributed by atoms with E-state index in [0.29, 0.717) is 11.9 Å². The largest absolute Gasteiger partial charge is 0.323 e. The fourth-order valence-corrected chi connectivity index (χ4v) is 3.99. The standard InChI is InChI=1S/C14H26N2OS/c1-4-12-15-14(8-5-6-9-14)13(17)16(12)11(2)7-10-18-3/h11-12,15H,4-10H2,1-3H3. The third-order valence-electron chi connectivity index (χ3n) is 4.48. The molecule has 1 N–H and O–H groups in total. The van der Waals surface area contributed by atoms with Crippen LogP contribution in [0.15, 0.2) is 0 Å². The van der Waals surface area contributed by atoms with E-state index in [1.165, 1.54) is 12.8 Å². The van der Waals surface area contributed by atoms with E-state index in [-0.39, 0.29) is 11.7 Å². The molecular weight excluding hydrogens is 244 g/mol. The Balaban J connectivity index is 2.10. The fraction of sp³-hybridized carbons (Fsp3) is 0.929. The molecule has 2 atom stereocenters. The SMILES string of the molecule is CCC1NC2(CCCC2)C(=O)N1C(C)CCSC. The lowest BCUT2D eigenvalue weighted by molar-refractivity contribution is -0.135. The monoisotopic (exact) mass is 270 g/mol. The van der Waals surface area contributed by atoms with E-state index < -0.39 is 0 Å². The van der Waals surface area contributed by atoms with Gasteiger partial charge in [0, 0.05) is 6.04 Å². The number of hydrogen-bond acceptors (Lipinski definition) is 3. The van der Waals surface area contributed by atoms with Crippen molar-refractivity contribution in [3.8, 4) is 0 Å². The normalized spacial score (nSPS) is 28.3. The van der Waals surface area contributed by atoms with Crippen LogP contribution in [0.2, 0.25) is 0 Å². The van der Waals surface area contributed by atoms with E-state index in [0.717, 1.165) is 31.4 Å². The summed E-state index contributed by atoms with van der Waals surface area (Å²) in [6.45, 7) is 4.37. The summed E-state index contributed by atoms with van der Waals surface area (Å²) >= 11 is 1.86. The van der Waals surface area contributed by atoms with Crippen molar-refractivity contribution in [2.45, 2.75) is 70.1 Å². The van der Waals surface area contributed by atoms with Crippen LogP contribution in [-0.2, 0) is 4.79 Å². The highest BCUT2D eigenvalue weighted by molar-refractivity contribution is 7.98. The predicted octanol–water partition coefficient (Wildman–Crippen LogP) is 2.61. The van der Waals surface area contributed by atoms with Gasteiger partial charge in [0.15, 0.2) is 0 Å². The molecule has 0 radical (unpaired) electrons. The molecule has 1 spiro atoms. The van der Waals surface area contributed by atoms with E-state index >= 15 is 0 Å². The van der Waals surface area contributed by atoms with Gasteiger partial charge in [-0.3, -0.25) is 10.1 Å². The van der Waals surface area contributed by atoms with E-state index in [1.807, 2.05) is 11.8 Å². The number of hydrogen-bond donors (Lipinski definition) is 1. The number of nitrogens with zero attached hydrogens (tertiary/aromatic N) is 1. The van der Waals surface area contributed by atoms with Crippen LogP contribution >= 0.6 is 11.8 Å². The Morgan fingerprint density at radius 1 is 1.50 bits per heavy atom. The molecule has 104 valence electrons. The molecule has 3 nitrogen and oxygen atoms in total. The quantitative estimate of drug-likeness (QED) is 0.833. The molecule has 0 aromatic rings. The Morgan fingerprint density at radius 2 is 2.17 bits per heavy atom. The lowest BCUT2D eigenvalue weighted by Crippen LogP contribution is -2.45. The molecule has 1 heterocycles. The zero-order valence-electron chi connectivity index (χ0n) is 11.9. The molecule has 18 heavy (non-hydrogen) atoms. The second-order valence-corrected chi connectivity index (χ2v) is 6.69. The van der Waals surface area contributed by atoms with Gasteiger partial charge in [0.2, 0.25) is 5.91 Å². The second-order valence-electron chi connectivity index (χ2n) is 5.70. The number of rotatable bonds is 5. The maximum absolute atomic E-state index is 12.8. The molecule has 1 saturated heterocycles. The van der Waals surface area contributed by atoms with Gasteiger partial charge in [-0.05, 0) is 44.6 Å². The van der Waals surface area contributed by atoms with Gasteiger partial charge in [-0.2, -0.15) is 11.8 Å². The first kappa shape index (κ1) is 14.2. The van der Waals surface area contributed by atoms with Crippen molar-refractivity contribution in [3.05, 3.63) is 0 Å². The summed E-state index contributed by atoms with van der Waals surface area (Å²) in [6.07, 6.45) is 8.96. The molecule has 2 aliphatic rings. The van der Waals surface area contributed by atoms with Crippen molar-refractivity contribution in [2.75, 3.05) is 12.0 Å². The average molecular weight is 270 g/mol. The van der Waals surface area contributed by atoms with Gasteiger partial charge in [0.1, 0.15) is 0 Å². The van der Waals surface area contributed by atoms with Gasteiger partial charge in [-0.1, -0.05) is 19.8 Å². The number of carbonyl (C=O) groups excluding carboxylic acids is 1. The Kier molecular flexibility index (Phi) is 4.59. The first-order valence-corrected chi connectivity index (χ1v) is 8.63. The molecule has 2 rings (SSSR count). The summed E-state index contributed by atoms with van der Waals surface area (Å²) in [6, 6.07) is 0.363. The lowest BCUT2D eigenvalue weighted by atomic mass is 9.97. The Labute approximate surface area is 115 Å². The summed E-state index contributed by atoms with van der Waals surface area (Å²) in [7, 11) is 0. The van der Waals surface area contributed by atoms with Crippen LogP contribution in [-0.4, -0.2) is 40.6 Å². The maximum Gasteiger partial charge on any atom is 0.244 e. The summed E-state index contributed by atoms with van der Waals surface area (Å²) in [4.78, 5) is 14.9. The molecule has 2 fully saturated rings. The number of nitrogens with one attached hydrogen (secondary N) is 1. The third-order valence-corrected chi connectivity index (χ3v) is 5.12. The highest BCUT2D eigenvalue weighted by atomic mass is 32.2. The van der Waals surface area contributed by atoms with Crippen LogP contribution in [0.5, 0.6) is 0 Å². The van der Waals surface area contributed by atoms with Crippen molar-refractivity contribution in [1.82, 2.24) is 10.2 Å². The molecule has 4 heteroatoms. The lowest BCUT2D eigenvalue weighted by Gasteiger charge is -2.30. The summed E-state index contributed by atoms with van der Waals surface area (Å²) < 4.78 is 0. The van der Waals surface area contributed by atoms with Crippen LogP contribution < -0.4 is 5.32 Å². The second kappa shape index (κ2) is 5.83. The highest BCUT2D eigenvalue weighted by Crippen LogP contribution is 2.38. The average Bonchev–Trinajstić information content (AvgIpc) is 2.94. The molecule has 2 unspecified atom stereocenters. The summed E-state index contributed by atoms with van der Waals surface area (Å²) in [5, 5.41) is 3.64. The van der Waals surface area contributed by atoms with Gasteiger partial charge in [0.05, 0.1) is 11.7 Å². The Bertz CT molecular complexity index is 302. The Hall–Kier alpha value is -0.220. The molecule has 0 bridgehead atoms. The van der Waals surface area contributed by atoms with Gasteiger partial charge in [-0.25, -0.2) is 0 Å². The summed E-state index contributed by atoms with van der Waals surface area (Å²) in [5.41, 5.74) is -0.200. The van der Waals surface area contributed by atoms with Crippen molar-refractivity contribution in [1.29, 1.82) is 0 Å². The van der Waals surface area contributed by atoms with Crippen LogP contribution in [0.4, 0.5) is 0 Å². The molecule has 1 saturated carbocycles. The van der Waals surface area contributed by atoms with Crippen molar-refractivity contribution < 1.29 is 4.79 Å². The molecule has 1 aliphatic carbocycles. The molecule has 0 aromatic carbocycles. The minimum absolute atomic E-state index is 0.200. The van der Waals surface area contributed by atoms with E-state index in [9.17, 15) is 4.79 Å². The minimum Gasteiger partial charge on any atom is -0.323 e. The van der Waals surface area contributed by atoms with Crippen molar-refractivity contribution in [2.24, 2.45) is 0 Å². The first-order valence-electron chi connectivity index (χ1n) is 7.24. The van der Waals surface area contributed by atoms with Crippen LogP contribution in [0.3, 0.4) is 0 Å². The van der Waals surface area contributed by atoms with Crippen LogP contribution in [0, 0.1) is 0 Å². The topological polar surface area (TPSA) is 32.3 Å². The van der Waals surface area contributed by atoms with Crippen molar-refractivity contribution >= 4 is 17.7 Å². The smallest absolute Gasteiger partial charge is 0.244 e. The summed E-state index contributed by atoms with van der Waals surface area (Å²) in [5.74, 6) is 1.51. The van der Waals surface area contributed by atoms with Gasteiger partial charge in [-0.15, -0.1) is 0 Å². The predicted molar refractivity (Wildman–Crippen MR) is 77.7 cm³/mol. The number of amides is 1. The Morgan fingerprint density at radius 3 is 2.72 bits per heavy atom. The van der Waals surface area contributed by atoms with E-state index in [4.69, 9.17) is 0 Å². The maximum atomic E-state index is 12.8. The molecule has 1 aliphatic heterocycles. The van der Waals surface area contributed by atoms with Crippen molar-refractivity contribution in [3.63, 3.8) is 0 Å². The van der Waals surface area contributed by atoms with Gasteiger partial charge < -0.3 is 4.90 Å². The first-order chi connectivity index (χ1) is 8.64. The molecular formula is C14H26N2OS. The van der Waals surface area contributed by atoms with Crippen LogP contribution in [0.25, 0.3) is 0 Å². The third kappa shape index (κ3) is 2.42.